The minimum Gasteiger partial charge on any atom is -0.373 e. The maximum Gasteiger partial charge on any atom is 0.0706 e. The molecule has 0 aromatic rings. The lowest BCUT2D eigenvalue weighted by molar-refractivity contribution is 0.00722. The van der Waals surface area contributed by atoms with Crippen LogP contribution in [0.25, 0.3) is 0 Å². The van der Waals surface area contributed by atoms with E-state index in [2.05, 4.69) is 11.5 Å². The van der Waals surface area contributed by atoms with Crippen molar-refractivity contribution in [3.05, 3.63) is 12.7 Å². The minimum absolute atomic E-state index is 0.449. The van der Waals surface area contributed by atoms with Crippen LogP contribution in [0, 0.1) is 5.92 Å². The second-order valence-corrected chi connectivity index (χ2v) is 5.65. The first-order chi connectivity index (χ1) is 8.38. The Balaban J connectivity index is 1.70. The standard InChI is InChI=1S/C15H27NO/c1-2-11-17-15-9-6-10-16(13-15)12-14-7-4-3-5-8-14/h2,14-15H,1,3-13H2/t15-/m0/s1. The molecule has 2 rings (SSSR count). The molecule has 0 bridgehead atoms. The molecule has 1 aliphatic heterocycles. The molecule has 0 N–H and O–H groups in total. The van der Waals surface area contributed by atoms with E-state index in [0.717, 1.165) is 12.5 Å². The third-order valence-electron chi connectivity index (χ3n) is 4.15. The third kappa shape index (κ3) is 4.44. The number of rotatable bonds is 5. The van der Waals surface area contributed by atoms with Gasteiger partial charge in [-0.2, -0.15) is 0 Å². The fourth-order valence-corrected chi connectivity index (χ4v) is 3.25. The van der Waals surface area contributed by atoms with Crippen LogP contribution in [0.2, 0.25) is 0 Å². The van der Waals surface area contributed by atoms with Crippen molar-refractivity contribution in [1.29, 1.82) is 0 Å². The Bertz CT molecular complexity index is 223. The Morgan fingerprint density at radius 3 is 2.71 bits per heavy atom. The van der Waals surface area contributed by atoms with Gasteiger partial charge >= 0.3 is 0 Å². The van der Waals surface area contributed by atoms with Gasteiger partial charge in [-0.3, -0.25) is 0 Å². The number of hydrogen-bond acceptors (Lipinski definition) is 2. The van der Waals surface area contributed by atoms with Crippen molar-refractivity contribution in [2.24, 2.45) is 5.92 Å². The molecule has 0 radical (unpaired) electrons. The zero-order valence-electron chi connectivity index (χ0n) is 11.1. The predicted octanol–water partition coefficient (Wildman–Crippen LogP) is 3.23. The summed E-state index contributed by atoms with van der Waals surface area (Å²) in [6.07, 6.45) is 12.1. The van der Waals surface area contributed by atoms with Crippen molar-refractivity contribution in [3.63, 3.8) is 0 Å². The Labute approximate surface area is 106 Å². The normalized spacial score (nSPS) is 28.1. The topological polar surface area (TPSA) is 12.5 Å². The molecule has 2 aliphatic rings. The van der Waals surface area contributed by atoms with Crippen LogP contribution in [0.3, 0.4) is 0 Å². The minimum atomic E-state index is 0.449. The quantitative estimate of drug-likeness (QED) is 0.681. The molecule has 1 saturated heterocycles. The first-order valence-electron chi connectivity index (χ1n) is 7.33. The Kier molecular flexibility index (Phi) is 5.53. The van der Waals surface area contributed by atoms with E-state index < -0.39 is 0 Å². The van der Waals surface area contributed by atoms with Crippen LogP contribution in [0.4, 0.5) is 0 Å². The van der Waals surface area contributed by atoms with E-state index >= 15 is 0 Å². The van der Waals surface area contributed by atoms with Crippen molar-refractivity contribution in [1.82, 2.24) is 4.90 Å². The molecule has 2 nitrogen and oxygen atoms in total. The van der Waals surface area contributed by atoms with Crippen molar-refractivity contribution >= 4 is 0 Å². The summed E-state index contributed by atoms with van der Waals surface area (Å²) in [5.74, 6) is 0.960. The van der Waals surface area contributed by atoms with Crippen molar-refractivity contribution in [2.45, 2.75) is 51.0 Å². The van der Waals surface area contributed by atoms with Gasteiger partial charge in [0, 0.05) is 13.1 Å². The second kappa shape index (κ2) is 7.17. The highest BCUT2D eigenvalue weighted by Gasteiger charge is 2.23. The van der Waals surface area contributed by atoms with Crippen LogP contribution in [0.5, 0.6) is 0 Å². The number of likely N-dealkylation sites (tertiary alicyclic amines) is 1. The number of piperidine rings is 1. The monoisotopic (exact) mass is 237 g/mol. The molecule has 1 atom stereocenters. The Morgan fingerprint density at radius 1 is 1.12 bits per heavy atom. The zero-order chi connectivity index (χ0) is 11.9. The van der Waals surface area contributed by atoms with Gasteiger partial charge in [-0.25, -0.2) is 0 Å². The van der Waals surface area contributed by atoms with Gasteiger partial charge in [0.25, 0.3) is 0 Å². The number of ether oxygens (including phenoxy) is 1. The third-order valence-corrected chi connectivity index (χ3v) is 4.15. The number of hydrogen-bond donors (Lipinski definition) is 0. The van der Waals surface area contributed by atoms with E-state index in [0.29, 0.717) is 12.7 Å². The van der Waals surface area contributed by atoms with E-state index in [4.69, 9.17) is 4.74 Å². The average Bonchev–Trinajstić information content (AvgIpc) is 2.38. The molecule has 2 heteroatoms. The van der Waals surface area contributed by atoms with Crippen molar-refractivity contribution in [2.75, 3.05) is 26.2 Å². The average molecular weight is 237 g/mol. The van der Waals surface area contributed by atoms with Crippen LogP contribution < -0.4 is 0 Å². The molecule has 0 aromatic heterocycles. The maximum atomic E-state index is 5.79. The van der Waals surface area contributed by atoms with Crippen LogP contribution in [0.1, 0.15) is 44.9 Å². The predicted molar refractivity (Wildman–Crippen MR) is 72.2 cm³/mol. The van der Waals surface area contributed by atoms with E-state index in [-0.39, 0.29) is 0 Å². The lowest BCUT2D eigenvalue weighted by Crippen LogP contribution is -2.42. The van der Waals surface area contributed by atoms with Gasteiger partial charge in [0.05, 0.1) is 12.7 Å². The van der Waals surface area contributed by atoms with Gasteiger partial charge in [-0.15, -0.1) is 6.58 Å². The van der Waals surface area contributed by atoms with Gasteiger partial charge in [-0.1, -0.05) is 25.3 Å². The fraction of sp³-hybridized carbons (Fsp3) is 0.867. The largest absolute Gasteiger partial charge is 0.373 e. The Morgan fingerprint density at radius 2 is 1.94 bits per heavy atom. The van der Waals surface area contributed by atoms with E-state index in [1.165, 1.54) is 58.0 Å². The molecule has 0 spiro atoms. The molecule has 0 amide bonds. The van der Waals surface area contributed by atoms with E-state index in [1.54, 1.807) is 0 Å². The molecule has 98 valence electrons. The van der Waals surface area contributed by atoms with Gasteiger partial charge in [0.15, 0.2) is 0 Å². The molecule has 2 fully saturated rings. The van der Waals surface area contributed by atoms with Crippen molar-refractivity contribution in [3.8, 4) is 0 Å². The summed E-state index contributed by atoms with van der Waals surface area (Å²) >= 11 is 0. The lowest BCUT2D eigenvalue weighted by atomic mass is 9.88. The maximum absolute atomic E-state index is 5.79. The summed E-state index contributed by atoms with van der Waals surface area (Å²) in [4.78, 5) is 2.63. The van der Waals surface area contributed by atoms with Crippen LogP contribution in [-0.2, 0) is 4.74 Å². The first kappa shape index (κ1) is 13.1. The van der Waals surface area contributed by atoms with Crippen LogP contribution >= 0.6 is 0 Å². The van der Waals surface area contributed by atoms with Gasteiger partial charge in [0.2, 0.25) is 0 Å². The van der Waals surface area contributed by atoms with E-state index in [1.807, 2.05) is 6.08 Å². The summed E-state index contributed by atoms with van der Waals surface area (Å²) in [5, 5.41) is 0. The van der Waals surface area contributed by atoms with Crippen LogP contribution in [0.15, 0.2) is 12.7 Å². The lowest BCUT2D eigenvalue weighted by Gasteiger charge is -2.35. The Hall–Kier alpha value is -0.340. The molecule has 0 aromatic carbocycles. The molecule has 1 saturated carbocycles. The molecule has 1 aliphatic carbocycles. The highest BCUT2D eigenvalue weighted by atomic mass is 16.5. The number of nitrogens with zero attached hydrogens (tertiary/aromatic N) is 1. The molecular formula is C15H27NO. The first-order valence-corrected chi connectivity index (χ1v) is 7.33. The highest BCUT2D eigenvalue weighted by Crippen LogP contribution is 2.25. The van der Waals surface area contributed by atoms with Crippen LogP contribution in [-0.4, -0.2) is 37.2 Å². The van der Waals surface area contributed by atoms with Gasteiger partial charge in [-0.05, 0) is 38.1 Å². The van der Waals surface area contributed by atoms with Crippen molar-refractivity contribution < 1.29 is 4.74 Å². The smallest absolute Gasteiger partial charge is 0.0706 e. The molecule has 1 heterocycles. The summed E-state index contributed by atoms with van der Waals surface area (Å²) in [6, 6.07) is 0. The van der Waals surface area contributed by atoms with E-state index in [9.17, 15) is 0 Å². The molecular weight excluding hydrogens is 210 g/mol. The fourth-order valence-electron chi connectivity index (χ4n) is 3.25. The summed E-state index contributed by atoms with van der Waals surface area (Å²) in [7, 11) is 0. The summed E-state index contributed by atoms with van der Waals surface area (Å²) in [5.41, 5.74) is 0. The second-order valence-electron chi connectivity index (χ2n) is 5.65. The summed E-state index contributed by atoms with van der Waals surface area (Å²) in [6.45, 7) is 8.17. The summed E-state index contributed by atoms with van der Waals surface area (Å²) < 4.78 is 5.79. The highest BCUT2D eigenvalue weighted by molar-refractivity contribution is 4.78. The molecule has 0 unspecified atom stereocenters. The SMILES string of the molecule is C=CCO[C@H]1CCCN(CC2CCCCC2)C1. The van der Waals surface area contributed by atoms with Gasteiger partial charge < -0.3 is 9.64 Å². The zero-order valence-corrected chi connectivity index (χ0v) is 11.1. The van der Waals surface area contributed by atoms with Gasteiger partial charge in [0.1, 0.15) is 0 Å². The molecule has 17 heavy (non-hydrogen) atoms.